The van der Waals surface area contributed by atoms with Crippen molar-refractivity contribution in [2.45, 2.75) is 79.2 Å². The van der Waals surface area contributed by atoms with Crippen LogP contribution in [0.25, 0.3) is 25.3 Å². The average Bonchev–Trinajstić information content (AvgIpc) is 2.97. The Balaban J connectivity index is 2.06. The molecular weight excluding hydrogens is 362 g/mol. The van der Waals surface area contributed by atoms with Crippen molar-refractivity contribution in [3.8, 4) is 0 Å². The van der Waals surface area contributed by atoms with E-state index in [-0.39, 0.29) is 0 Å². The summed E-state index contributed by atoms with van der Waals surface area (Å²) in [7, 11) is 0. The highest BCUT2D eigenvalue weighted by Crippen LogP contribution is 2.32. The van der Waals surface area contributed by atoms with Gasteiger partial charge in [-0.05, 0) is 55.6 Å². The summed E-state index contributed by atoms with van der Waals surface area (Å²) >= 11 is 0. The van der Waals surface area contributed by atoms with Crippen molar-refractivity contribution in [3.63, 3.8) is 0 Å². The Hall–Kier alpha value is -2.28. The molecule has 0 saturated heterocycles. The standard InChI is InChI=1S/C29H41N/c1-8-14-28-24(6)30(23(5)27(28)10-3)21-13-17-25-15-12-16-26(22-25)18-20-29(7,11-4)19-9-2/h8,10,12,14-16,22H,1,5-6,9,11,13,17-21H2,2-4,7H3/b27-10-,28-14-. The van der Waals surface area contributed by atoms with Gasteiger partial charge in [-0.25, -0.2) is 0 Å². The summed E-state index contributed by atoms with van der Waals surface area (Å²) in [4.78, 5) is 0. The largest absolute Gasteiger partial charge is 0.341 e. The van der Waals surface area contributed by atoms with Crippen molar-refractivity contribution >= 4 is 25.3 Å². The minimum atomic E-state index is 0.475. The minimum absolute atomic E-state index is 0.475. The smallest absolute Gasteiger partial charge is 0.0418 e. The number of rotatable bonds is 11. The summed E-state index contributed by atoms with van der Waals surface area (Å²) in [6, 6.07) is 9.20. The number of hydrogen-bond acceptors (Lipinski definition) is 0. The highest BCUT2D eigenvalue weighted by Gasteiger charge is 2.20. The molecule has 0 N–H and O–H groups in total. The quantitative estimate of drug-likeness (QED) is 0.505. The maximum Gasteiger partial charge on any atom is 0.0418 e. The molecule has 0 spiro atoms. The number of benzene rings is 1. The van der Waals surface area contributed by atoms with Crippen LogP contribution in [0.3, 0.4) is 0 Å². The SMILES string of the molecule is C=C/C=c1/c(=C)n(CCCc2cccc(CCC(C)(CC)CCC)c2)c(=C)/c1=C/C. The molecule has 1 heteroatoms. The van der Waals surface area contributed by atoms with Crippen LogP contribution in [0.1, 0.15) is 70.9 Å². The van der Waals surface area contributed by atoms with Gasteiger partial charge in [0.15, 0.2) is 0 Å². The molecule has 162 valence electrons. The molecule has 0 bridgehead atoms. The molecule has 1 unspecified atom stereocenters. The molecule has 0 radical (unpaired) electrons. The molecule has 0 saturated carbocycles. The predicted octanol–water partition coefficient (Wildman–Crippen LogP) is 4.86. The number of nitrogens with zero attached hydrogens (tertiary/aromatic N) is 1. The highest BCUT2D eigenvalue weighted by atomic mass is 15.0. The van der Waals surface area contributed by atoms with Gasteiger partial charge in [0.1, 0.15) is 0 Å². The van der Waals surface area contributed by atoms with Gasteiger partial charge in [-0.3, -0.25) is 0 Å². The van der Waals surface area contributed by atoms with Crippen molar-refractivity contribution in [3.05, 3.63) is 69.2 Å². The lowest BCUT2D eigenvalue weighted by molar-refractivity contribution is 0.258. The van der Waals surface area contributed by atoms with E-state index in [0.717, 1.165) is 35.3 Å². The Labute approximate surface area is 183 Å². The van der Waals surface area contributed by atoms with Gasteiger partial charge >= 0.3 is 0 Å². The van der Waals surface area contributed by atoms with Crippen molar-refractivity contribution in [1.82, 2.24) is 4.57 Å². The first-order valence-electron chi connectivity index (χ1n) is 11.6. The highest BCUT2D eigenvalue weighted by molar-refractivity contribution is 5.39. The van der Waals surface area contributed by atoms with Crippen LogP contribution < -0.4 is 21.1 Å². The normalized spacial score (nSPS) is 14.8. The lowest BCUT2D eigenvalue weighted by Gasteiger charge is -2.28. The first kappa shape index (κ1) is 24.0. The van der Waals surface area contributed by atoms with Crippen LogP contribution in [0.5, 0.6) is 0 Å². The Kier molecular flexibility index (Phi) is 8.96. The molecular formula is C29H41N. The second kappa shape index (κ2) is 11.2. The fraction of sp³-hybridized carbons (Fsp3) is 0.448. The van der Waals surface area contributed by atoms with Crippen LogP contribution in [0.15, 0.2) is 36.9 Å². The first-order chi connectivity index (χ1) is 14.4. The number of aromatic nitrogens is 1. The van der Waals surface area contributed by atoms with Crippen molar-refractivity contribution < 1.29 is 0 Å². The van der Waals surface area contributed by atoms with Gasteiger partial charge in [0.2, 0.25) is 0 Å². The summed E-state index contributed by atoms with van der Waals surface area (Å²) in [5.41, 5.74) is 3.39. The van der Waals surface area contributed by atoms with Crippen LogP contribution in [0, 0.1) is 5.41 Å². The third-order valence-corrected chi connectivity index (χ3v) is 6.70. The van der Waals surface area contributed by atoms with Crippen LogP contribution in [-0.4, -0.2) is 4.57 Å². The summed E-state index contributed by atoms with van der Waals surface area (Å²) in [6.07, 6.45) is 14.5. The fourth-order valence-corrected chi connectivity index (χ4v) is 4.57. The maximum absolute atomic E-state index is 4.30. The van der Waals surface area contributed by atoms with Crippen molar-refractivity contribution in [1.29, 1.82) is 0 Å². The van der Waals surface area contributed by atoms with Gasteiger partial charge in [-0.15, -0.1) is 0 Å². The third kappa shape index (κ3) is 5.88. The number of allylic oxidation sites excluding steroid dienone is 1. The minimum Gasteiger partial charge on any atom is -0.341 e. The summed E-state index contributed by atoms with van der Waals surface area (Å²) < 4.78 is 2.26. The zero-order valence-corrected chi connectivity index (χ0v) is 19.8. The van der Waals surface area contributed by atoms with Gasteiger partial charge in [0.05, 0.1) is 0 Å². The van der Waals surface area contributed by atoms with E-state index in [1.54, 1.807) is 0 Å². The summed E-state index contributed by atoms with van der Waals surface area (Å²) in [5, 5.41) is 4.41. The molecule has 1 heterocycles. The molecule has 2 rings (SSSR count). The topological polar surface area (TPSA) is 4.93 Å². The molecule has 0 amide bonds. The van der Waals surface area contributed by atoms with E-state index in [9.17, 15) is 0 Å². The van der Waals surface area contributed by atoms with Crippen LogP contribution in [0.4, 0.5) is 0 Å². The zero-order chi connectivity index (χ0) is 22.1. The Morgan fingerprint density at radius 3 is 2.27 bits per heavy atom. The van der Waals surface area contributed by atoms with Gasteiger partial charge in [-0.1, -0.05) is 95.8 Å². The average molecular weight is 404 g/mol. The molecule has 2 aromatic rings. The Morgan fingerprint density at radius 1 is 1.00 bits per heavy atom. The van der Waals surface area contributed by atoms with Gasteiger partial charge in [-0.2, -0.15) is 0 Å². The Bertz CT molecular complexity index is 1050. The molecule has 0 aliphatic rings. The van der Waals surface area contributed by atoms with E-state index >= 15 is 0 Å². The molecule has 1 aromatic carbocycles. The molecule has 0 fully saturated rings. The summed E-state index contributed by atoms with van der Waals surface area (Å²) in [6.45, 7) is 22.5. The fourth-order valence-electron chi connectivity index (χ4n) is 4.57. The zero-order valence-electron chi connectivity index (χ0n) is 19.8. The van der Waals surface area contributed by atoms with Crippen LogP contribution in [0.2, 0.25) is 0 Å². The number of aryl methyl sites for hydroxylation is 2. The third-order valence-electron chi connectivity index (χ3n) is 6.70. The van der Waals surface area contributed by atoms with Crippen molar-refractivity contribution in [2.75, 3.05) is 0 Å². The molecule has 30 heavy (non-hydrogen) atoms. The predicted molar refractivity (Wildman–Crippen MR) is 135 cm³/mol. The maximum atomic E-state index is 4.30. The lowest BCUT2D eigenvalue weighted by Crippen LogP contribution is -2.36. The number of hydrogen-bond donors (Lipinski definition) is 0. The molecule has 0 aliphatic carbocycles. The molecule has 0 aliphatic heterocycles. The van der Waals surface area contributed by atoms with Crippen LogP contribution >= 0.6 is 0 Å². The molecule has 1 atom stereocenters. The molecule has 1 nitrogen and oxygen atoms in total. The van der Waals surface area contributed by atoms with E-state index in [2.05, 4.69) is 82.3 Å². The van der Waals surface area contributed by atoms with Crippen LogP contribution in [-0.2, 0) is 19.4 Å². The van der Waals surface area contributed by atoms with E-state index < -0.39 is 0 Å². The second-order valence-corrected chi connectivity index (χ2v) is 8.90. The monoisotopic (exact) mass is 403 g/mol. The van der Waals surface area contributed by atoms with Gasteiger partial charge < -0.3 is 4.57 Å². The Morgan fingerprint density at radius 2 is 1.67 bits per heavy atom. The van der Waals surface area contributed by atoms with E-state index in [0.29, 0.717) is 5.41 Å². The lowest BCUT2D eigenvalue weighted by atomic mass is 9.78. The van der Waals surface area contributed by atoms with E-state index in [1.807, 2.05) is 12.2 Å². The van der Waals surface area contributed by atoms with Gasteiger partial charge in [0, 0.05) is 27.7 Å². The second-order valence-electron chi connectivity index (χ2n) is 8.90. The first-order valence-corrected chi connectivity index (χ1v) is 11.6. The van der Waals surface area contributed by atoms with E-state index in [4.69, 9.17) is 0 Å². The van der Waals surface area contributed by atoms with E-state index in [1.165, 1.54) is 48.4 Å². The summed E-state index contributed by atoms with van der Waals surface area (Å²) in [5.74, 6) is 0. The van der Waals surface area contributed by atoms with Gasteiger partial charge in [0.25, 0.3) is 0 Å². The molecule has 1 aromatic heterocycles. The van der Waals surface area contributed by atoms with Crippen molar-refractivity contribution in [2.24, 2.45) is 5.41 Å².